The Morgan fingerprint density at radius 1 is 1.59 bits per heavy atom. The van der Waals surface area contributed by atoms with Crippen LogP contribution in [-0.2, 0) is 5.88 Å². The number of ether oxygens (including phenoxy) is 1. The summed E-state index contributed by atoms with van der Waals surface area (Å²) in [5.41, 5.74) is -0.408. The van der Waals surface area contributed by atoms with Gasteiger partial charge in [0.2, 0.25) is 3.70 Å². The van der Waals surface area contributed by atoms with Crippen molar-refractivity contribution in [1.29, 1.82) is 0 Å². The summed E-state index contributed by atoms with van der Waals surface area (Å²) < 4.78 is 39.9. The number of hydrogen-bond donors (Lipinski definition) is 0. The van der Waals surface area contributed by atoms with Gasteiger partial charge < -0.3 is 14.9 Å². The van der Waals surface area contributed by atoms with Crippen molar-refractivity contribution in [3.05, 3.63) is 25.4 Å². The van der Waals surface area contributed by atoms with Crippen LogP contribution in [0.5, 0.6) is 5.75 Å². The number of hydrogen-bond acceptors (Lipinski definition) is 4. The van der Waals surface area contributed by atoms with E-state index in [1.807, 2.05) is 0 Å². The minimum Gasteiger partial charge on any atom is -0.405 e. The smallest absolute Gasteiger partial charge is 0.405 e. The highest BCUT2D eigenvalue weighted by Gasteiger charge is 2.34. The van der Waals surface area contributed by atoms with Gasteiger partial charge in [0.25, 0.3) is 0 Å². The van der Waals surface area contributed by atoms with Crippen LogP contribution in [0.2, 0.25) is 0 Å². The molecule has 17 heavy (non-hydrogen) atoms. The first-order valence-corrected chi connectivity index (χ1v) is 5.51. The lowest BCUT2D eigenvalue weighted by Crippen LogP contribution is -2.18. The number of pyridine rings is 1. The second-order valence-electron chi connectivity index (χ2n) is 2.68. The third-order valence-electron chi connectivity index (χ3n) is 1.56. The van der Waals surface area contributed by atoms with Gasteiger partial charge in [-0.05, 0) is 9.91 Å². The molecule has 0 aliphatic heterocycles. The molecule has 0 amide bonds. The molecule has 0 bridgehead atoms. The quantitative estimate of drug-likeness (QED) is 0.265. The summed E-state index contributed by atoms with van der Waals surface area (Å²) in [7, 11) is 0. The van der Waals surface area contributed by atoms with Crippen LogP contribution < -0.4 is 4.74 Å². The molecular weight excluding hydrogens is 379 g/mol. The Balaban J connectivity index is 3.33. The third-order valence-corrected chi connectivity index (χ3v) is 2.38. The monoisotopic (exact) mass is 382 g/mol. The molecule has 1 aromatic rings. The molecule has 0 aliphatic carbocycles. The zero-order valence-electron chi connectivity index (χ0n) is 7.79. The number of rotatable bonds is 3. The predicted molar refractivity (Wildman–Crippen MR) is 59.8 cm³/mol. The van der Waals surface area contributed by atoms with E-state index in [2.05, 4.69) is 9.72 Å². The molecule has 0 radical (unpaired) electrons. The fraction of sp³-hybridized carbons (Fsp3) is 0.286. The van der Waals surface area contributed by atoms with Crippen LogP contribution in [0, 0.1) is 13.8 Å². The van der Waals surface area contributed by atoms with Crippen LogP contribution in [0.15, 0.2) is 6.07 Å². The highest BCUT2D eigenvalue weighted by molar-refractivity contribution is 14.1. The predicted octanol–water partition coefficient (Wildman–Crippen LogP) is 3.23. The zero-order chi connectivity index (χ0) is 13.2. The summed E-state index contributed by atoms with van der Waals surface area (Å²) in [4.78, 5) is 13.2. The molecule has 0 N–H and O–H groups in total. The molecule has 0 saturated carbocycles. The average molecular weight is 382 g/mol. The Bertz CT molecular complexity index is 455. The molecule has 1 aromatic heterocycles. The summed E-state index contributed by atoms with van der Waals surface area (Å²) >= 11 is 6.91. The van der Waals surface area contributed by atoms with Crippen molar-refractivity contribution in [3.8, 4) is 5.75 Å². The number of aromatic nitrogens is 1. The number of halogens is 5. The van der Waals surface area contributed by atoms with Gasteiger partial charge >= 0.3 is 12.2 Å². The molecule has 0 unspecified atom stereocenters. The second kappa shape index (κ2) is 5.21. The Morgan fingerprint density at radius 3 is 2.59 bits per heavy atom. The van der Waals surface area contributed by atoms with E-state index < -0.39 is 34.3 Å². The van der Waals surface area contributed by atoms with Gasteiger partial charge in [0.05, 0.1) is 5.88 Å². The van der Waals surface area contributed by atoms with Crippen LogP contribution in [0.3, 0.4) is 0 Å². The minimum absolute atomic E-state index is 0.00224. The van der Waals surface area contributed by atoms with Crippen molar-refractivity contribution in [1.82, 2.24) is 4.98 Å². The Kier molecular flexibility index (Phi) is 4.36. The van der Waals surface area contributed by atoms with Gasteiger partial charge in [-0.3, -0.25) is 0 Å². The molecule has 1 heterocycles. The lowest BCUT2D eigenvalue weighted by atomic mass is 10.2. The van der Waals surface area contributed by atoms with Crippen molar-refractivity contribution in [3.63, 3.8) is 0 Å². The van der Waals surface area contributed by atoms with Crippen molar-refractivity contribution in [2.24, 2.45) is 0 Å². The van der Waals surface area contributed by atoms with E-state index in [0.717, 1.165) is 6.07 Å². The van der Waals surface area contributed by atoms with Crippen molar-refractivity contribution < 1.29 is 22.8 Å². The molecule has 0 aromatic carbocycles. The fourth-order valence-electron chi connectivity index (χ4n) is 0.999. The summed E-state index contributed by atoms with van der Waals surface area (Å²) in [6.07, 6.45) is -4.95. The SMILES string of the molecule is O=[N+]([O-])c1nc(I)cc(OC(F)(F)F)c1CCl. The van der Waals surface area contributed by atoms with Crippen LogP contribution in [-0.4, -0.2) is 16.3 Å². The zero-order valence-corrected chi connectivity index (χ0v) is 10.7. The largest absolute Gasteiger partial charge is 0.573 e. The molecule has 1 rings (SSSR count). The summed E-state index contributed by atoms with van der Waals surface area (Å²) in [5.74, 6) is -1.96. The Morgan fingerprint density at radius 2 is 2.18 bits per heavy atom. The Labute approximate surface area is 111 Å². The number of nitrogens with zero attached hydrogens (tertiary/aromatic N) is 2. The molecular formula is C7H3ClF3IN2O3. The van der Waals surface area contributed by atoms with Crippen LogP contribution in [0.4, 0.5) is 19.0 Å². The van der Waals surface area contributed by atoms with Gasteiger partial charge in [-0.15, -0.1) is 24.8 Å². The van der Waals surface area contributed by atoms with Gasteiger partial charge in [-0.25, -0.2) is 0 Å². The van der Waals surface area contributed by atoms with E-state index >= 15 is 0 Å². The van der Waals surface area contributed by atoms with Crippen LogP contribution in [0.25, 0.3) is 0 Å². The molecule has 94 valence electrons. The molecule has 0 aliphatic rings. The summed E-state index contributed by atoms with van der Waals surface area (Å²) in [6.45, 7) is 0. The molecule has 10 heteroatoms. The molecule has 0 atom stereocenters. The van der Waals surface area contributed by atoms with E-state index in [1.165, 1.54) is 0 Å². The van der Waals surface area contributed by atoms with Gasteiger partial charge in [-0.1, -0.05) is 0 Å². The standard InChI is InChI=1S/C7H3ClF3IN2O3/c8-2-3-4(17-7(9,10)11)1-5(12)13-6(3)14(15)16/h1H,2H2. The third kappa shape index (κ3) is 3.84. The Hall–Kier alpha value is -0.840. The maximum Gasteiger partial charge on any atom is 0.573 e. The van der Waals surface area contributed by atoms with Gasteiger partial charge in [0, 0.05) is 28.7 Å². The summed E-state index contributed by atoms with van der Waals surface area (Å²) in [6, 6.07) is 0.929. The van der Waals surface area contributed by atoms with Crippen molar-refractivity contribution >= 4 is 40.0 Å². The molecule has 5 nitrogen and oxygen atoms in total. The van der Waals surface area contributed by atoms with Gasteiger partial charge in [-0.2, -0.15) is 0 Å². The highest BCUT2D eigenvalue weighted by Crippen LogP contribution is 2.33. The molecule has 0 spiro atoms. The average Bonchev–Trinajstić information content (AvgIpc) is 2.14. The maximum absolute atomic E-state index is 12.1. The van der Waals surface area contributed by atoms with Crippen LogP contribution >= 0.6 is 34.2 Å². The fourth-order valence-corrected chi connectivity index (χ4v) is 1.76. The highest BCUT2D eigenvalue weighted by atomic mass is 127. The maximum atomic E-state index is 12.1. The van der Waals surface area contributed by atoms with Crippen molar-refractivity contribution in [2.75, 3.05) is 0 Å². The number of alkyl halides is 4. The second-order valence-corrected chi connectivity index (χ2v) is 4.06. The van der Waals surface area contributed by atoms with E-state index in [-0.39, 0.29) is 3.70 Å². The lowest BCUT2D eigenvalue weighted by molar-refractivity contribution is -0.390. The van der Waals surface area contributed by atoms with Crippen LogP contribution in [0.1, 0.15) is 5.56 Å². The minimum atomic E-state index is -4.95. The summed E-state index contributed by atoms with van der Waals surface area (Å²) in [5, 5.41) is 10.6. The van der Waals surface area contributed by atoms with E-state index in [0.29, 0.717) is 0 Å². The van der Waals surface area contributed by atoms with E-state index in [9.17, 15) is 23.3 Å². The van der Waals surface area contributed by atoms with Gasteiger partial charge in [0.1, 0.15) is 11.3 Å². The topological polar surface area (TPSA) is 65.3 Å². The lowest BCUT2D eigenvalue weighted by Gasteiger charge is -2.11. The van der Waals surface area contributed by atoms with Gasteiger partial charge in [0.15, 0.2) is 0 Å². The first-order chi connectivity index (χ1) is 7.74. The molecule has 0 saturated heterocycles. The first kappa shape index (κ1) is 14.2. The normalized spacial score (nSPS) is 11.4. The first-order valence-electron chi connectivity index (χ1n) is 3.90. The van der Waals surface area contributed by atoms with E-state index in [1.54, 1.807) is 22.6 Å². The number of nitro groups is 1. The molecule has 0 fully saturated rings. The van der Waals surface area contributed by atoms with E-state index in [4.69, 9.17) is 11.6 Å². The van der Waals surface area contributed by atoms with Crippen molar-refractivity contribution in [2.45, 2.75) is 12.2 Å².